The zero-order valence-electron chi connectivity index (χ0n) is 18.2. The number of fused-ring (bicyclic) bond motifs is 1. The lowest BCUT2D eigenvalue weighted by Crippen LogP contribution is -2.44. The fourth-order valence-electron chi connectivity index (χ4n) is 4.59. The van der Waals surface area contributed by atoms with E-state index in [1.807, 2.05) is 55.5 Å². The van der Waals surface area contributed by atoms with Gasteiger partial charge >= 0.3 is 0 Å². The van der Waals surface area contributed by atoms with Gasteiger partial charge in [-0.2, -0.15) is 0 Å². The third-order valence-electron chi connectivity index (χ3n) is 6.24. The topological polar surface area (TPSA) is 47.4 Å². The van der Waals surface area contributed by atoms with Gasteiger partial charge in [-0.05, 0) is 76.4 Å². The molecule has 0 bridgehead atoms. The molecule has 2 aromatic carbocycles. The van der Waals surface area contributed by atoms with Crippen LogP contribution in [0.2, 0.25) is 0 Å². The van der Waals surface area contributed by atoms with Gasteiger partial charge in [0.1, 0.15) is 11.6 Å². The second-order valence-electron chi connectivity index (χ2n) is 8.38. The van der Waals surface area contributed by atoms with Gasteiger partial charge in [0.15, 0.2) is 0 Å². The Morgan fingerprint density at radius 2 is 1.73 bits per heavy atom. The molecular formula is C25H31N3O2. The Morgan fingerprint density at radius 3 is 2.47 bits per heavy atom. The predicted molar refractivity (Wildman–Crippen MR) is 122 cm³/mol. The zero-order chi connectivity index (χ0) is 21.1. The number of hydrogen-bond acceptors (Lipinski definition) is 4. The number of rotatable bonds is 6. The lowest BCUT2D eigenvalue weighted by molar-refractivity contribution is 0.0961. The van der Waals surface area contributed by atoms with Crippen LogP contribution in [-0.4, -0.2) is 39.7 Å². The van der Waals surface area contributed by atoms with E-state index in [1.165, 1.54) is 19.3 Å². The summed E-state index contributed by atoms with van der Waals surface area (Å²) in [6.07, 6.45) is 4.96. The Kier molecular flexibility index (Phi) is 6.18. The van der Waals surface area contributed by atoms with Gasteiger partial charge in [0, 0.05) is 18.6 Å². The number of benzene rings is 2. The van der Waals surface area contributed by atoms with Gasteiger partial charge in [-0.1, -0.05) is 18.6 Å². The minimum atomic E-state index is -0.0449. The molecule has 4 rings (SSSR count). The highest BCUT2D eigenvalue weighted by Crippen LogP contribution is 2.23. The van der Waals surface area contributed by atoms with Gasteiger partial charge in [-0.3, -0.25) is 14.3 Å². The number of ether oxygens (including phenoxy) is 1. The molecule has 158 valence electrons. The molecule has 5 nitrogen and oxygen atoms in total. The Morgan fingerprint density at radius 1 is 1.03 bits per heavy atom. The van der Waals surface area contributed by atoms with Crippen molar-refractivity contribution < 1.29 is 4.74 Å². The highest BCUT2D eigenvalue weighted by molar-refractivity contribution is 5.77. The van der Waals surface area contributed by atoms with E-state index in [0.717, 1.165) is 29.9 Å². The molecule has 0 amide bonds. The van der Waals surface area contributed by atoms with E-state index < -0.39 is 0 Å². The van der Waals surface area contributed by atoms with Gasteiger partial charge in [0.05, 0.1) is 23.2 Å². The van der Waals surface area contributed by atoms with Crippen molar-refractivity contribution in [3.8, 4) is 11.4 Å². The molecule has 1 fully saturated rings. The molecule has 0 aliphatic carbocycles. The molecule has 1 aliphatic rings. The van der Waals surface area contributed by atoms with Crippen LogP contribution in [0.3, 0.4) is 0 Å². The molecular weight excluding hydrogens is 374 g/mol. The van der Waals surface area contributed by atoms with Crippen LogP contribution in [0.5, 0.6) is 5.75 Å². The maximum atomic E-state index is 12.9. The molecule has 0 N–H and O–H groups in total. The molecule has 30 heavy (non-hydrogen) atoms. The van der Waals surface area contributed by atoms with E-state index in [-0.39, 0.29) is 5.56 Å². The van der Waals surface area contributed by atoms with E-state index >= 15 is 0 Å². The van der Waals surface area contributed by atoms with Crippen LogP contribution in [0.15, 0.2) is 53.3 Å². The number of nitrogens with zero attached hydrogens (tertiary/aromatic N) is 3. The van der Waals surface area contributed by atoms with Crippen LogP contribution in [0.4, 0.5) is 0 Å². The zero-order valence-corrected chi connectivity index (χ0v) is 18.2. The Balaban J connectivity index is 1.40. The first-order valence-corrected chi connectivity index (χ1v) is 11.0. The van der Waals surface area contributed by atoms with E-state index in [1.54, 1.807) is 4.57 Å². The molecule has 2 atom stereocenters. The standard InChI is InChI=1S/C25H31N3O2/c1-18-8-6-9-19(2)27(18)16-7-17-30-22-14-12-21(13-15-22)28-20(3)26-24-11-5-4-10-23(24)25(28)29/h4-5,10-15,18-19H,6-9,16-17H2,1-3H3/t18-,19+. The van der Waals surface area contributed by atoms with Crippen LogP contribution in [0, 0.1) is 6.92 Å². The molecule has 1 aliphatic heterocycles. The van der Waals surface area contributed by atoms with Crippen molar-refractivity contribution >= 4 is 10.9 Å². The molecule has 5 heteroatoms. The first-order valence-electron chi connectivity index (χ1n) is 11.0. The van der Waals surface area contributed by atoms with Crippen molar-refractivity contribution in [2.45, 2.75) is 58.5 Å². The number of aromatic nitrogens is 2. The largest absolute Gasteiger partial charge is 0.494 e. The number of aryl methyl sites for hydroxylation is 1. The summed E-state index contributed by atoms with van der Waals surface area (Å²) in [6.45, 7) is 8.31. The monoisotopic (exact) mass is 405 g/mol. The summed E-state index contributed by atoms with van der Waals surface area (Å²) < 4.78 is 7.62. The van der Waals surface area contributed by atoms with Crippen molar-refractivity contribution in [3.63, 3.8) is 0 Å². The van der Waals surface area contributed by atoms with Gasteiger partial charge in [-0.15, -0.1) is 0 Å². The van der Waals surface area contributed by atoms with Gasteiger partial charge in [-0.25, -0.2) is 4.98 Å². The van der Waals surface area contributed by atoms with E-state index in [4.69, 9.17) is 4.74 Å². The Labute approximate surface area is 178 Å². The lowest BCUT2D eigenvalue weighted by Gasteiger charge is -2.39. The van der Waals surface area contributed by atoms with Crippen LogP contribution in [-0.2, 0) is 0 Å². The Bertz CT molecular complexity index is 1050. The third-order valence-corrected chi connectivity index (χ3v) is 6.24. The lowest BCUT2D eigenvalue weighted by atomic mass is 9.97. The van der Waals surface area contributed by atoms with Crippen molar-refractivity contribution in [1.29, 1.82) is 0 Å². The highest BCUT2D eigenvalue weighted by Gasteiger charge is 2.23. The Hall–Kier alpha value is -2.66. The molecule has 2 heterocycles. The summed E-state index contributed by atoms with van der Waals surface area (Å²) in [5, 5.41) is 0.629. The van der Waals surface area contributed by atoms with Crippen molar-refractivity contribution in [1.82, 2.24) is 14.5 Å². The summed E-state index contributed by atoms with van der Waals surface area (Å²) in [5.41, 5.74) is 1.49. The summed E-state index contributed by atoms with van der Waals surface area (Å²) in [4.78, 5) is 20.1. The normalized spacial score (nSPS) is 19.8. The summed E-state index contributed by atoms with van der Waals surface area (Å²) in [5.74, 6) is 1.51. The quantitative estimate of drug-likeness (QED) is 0.557. The van der Waals surface area contributed by atoms with E-state index in [9.17, 15) is 4.79 Å². The number of piperidine rings is 1. The van der Waals surface area contributed by atoms with Gasteiger partial charge < -0.3 is 4.74 Å². The molecule has 0 unspecified atom stereocenters. The number of hydrogen-bond donors (Lipinski definition) is 0. The highest BCUT2D eigenvalue weighted by atomic mass is 16.5. The summed E-state index contributed by atoms with van der Waals surface area (Å²) in [7, 11) is 0. The van der Waals surface area contributed by atoms with Crippen LogP contribution < -0.4 is 10.3 Å². The van der Waals surface area contributed by atoms with E-state index in [2.05, 4.69) is 23.7 Å². The van der Waals surface area contributed by atoms with Crippen LogP contribution in [0.25, 0.3) is 16.6 Å². The maximum Gasteiger partial charge on any atom is 0.265 e. The summed E-state index contributed by atoms with van der Waals surface area (Å²) in [6, 6.07) is 16.5. The van der Waals surface area contributed by atoms with Gasteiger partial charge in [0.2, 0.25) is 0 Å². The maximum absolute atomic E-state index is 12.9. The number of para-hydroxylation sites is 1. The first-order chi connectivity index (χ1) is 14.5. The minimum Gasteiger partial charge on any atom is -0.494 e. The fraction of sp³-hybridized carbons (Fsp3) is 0.440. The van der Waals surface area contributed by atoms with Crippen molar-refractivity contribution in [3.05, 3.63) is 64.7 Å². The second kappa shape index (κ2) is 9.00. The molecule has 0 radical (unpaired) electrons. The molecule has 1 aromatic heterocycles. The summed E-state index contributed by atoms with van der Waals surface area (Å²) >= 11 is 0. The second-order valence-corrected chi connectivity index (χ2v) is 8.38. The van der Waals surface area contributed by atoms with Crippen molar-refractivity contribution in [2.24, 2.45) is 0 Å². The van der Waals surface area contributed by atoms with Gasteiger partial charge in [0.25, 0.3) is 5.56 Å². The van der Waals surface area contributed by atoms with Crippen molar-refractivity contribution in [2.75, 3.05) is 13.2 Å². The predicted octanol–water partition coefficient (Wildman–Crippen LogP) is 4.73. The molecule has 0 saturated carbocycles. The smallest absolute Gasteiger partial charge is 0.265 e. The van der Waals surface area contributed by atoms with Crippen LogP contribution >= 0.6 is 0 Å². The first kappa shape index (κ1) is 20.6. The number of likely N-dealkylation sites (tertiary alicyclic amines) is 1. The molecule has 1 saturated heterocycles. The molecule has 3 aromatic rings. The average molecular weight is 406 g/mol. The average Bonchev–Trinajstić information content (AvgIpc) is 2.74. The third kappa shape index (κ3) is 4.26. The minimum absolute atomic E-state index is 0.0449. The van der Waals surface area contributed by atoms with Crippen LogP contribution in [0.1, 0.15) is 45.4 Å². The molecule has 0 spiro atoms. The van der Waals surface area contributed by atoms with E-state index in [0.29, 0.717) is 29.9 Å². The SMILES string of the molecule is Cc1nc2ccccc2c(=O)n1-c1ccc(OCCCN2[C@H](C)CCC[C@@H]2C)cc1. The fourth-order valence-corrected chi connectivity index (χ4v) is 4.59.